The van der Waals surface area contributed by atoms with E-state index in [1.54, 1.807) is 6.92 Å². The number of aliphatic hydroxyl groups excluding tert-OH is 1. The largest absolute Gasteiger partial charge is 0.462 e. The van der Waals surface area contributed by atoms with Gasteiger partial charge < -0.3 is 14.6 Å². The molecule has 2 aliphatic carbocycles. The normalized spacial score (nSPS) is 23.0. The van der Waals surface area contributed by atoms with E-state index in [0.717, 1.165) is 38.0 Å². The van der Waals surface area contributed by atoms with Gasteiger partial charge in [-0.3, -0.25) is 4.39 Å². The minimum absolute atomic E-state index is 0.0127. The molecule has 0 saturated heterocycles. The fourth-order valence-electron chi connectivity index (χ4n) is 7.00. The highest BCUT2D eigenvalue weighted by Gasteiger charge is 2.31. The molecule has 0 aromatic heterocycles. The van der Waals surface area contributed by atoms with Crippen molar-refractivity contribution < 1.29 is 28.6 Å². The molecule has 0 aliphatic heterocycles. The molecular formula is C37H49FO5. The number of ether oxygens (including phenoxy) is 2. The molecule has 43 heavy (non-hydrogen) atoms. The lowest BCUT2D eigenvalue weighted by atomic mass is 9.74. The molecular weight excluding hydrogens is 543 g/mol. The van der Waals surface area contributed by atoms with Crippen LogP contribution in [-0.4, -0.2) is 43.5 Å². The predicted octanol–water partition coefficient (Wildman–Crippen LogP) is 8.35. The molecule has 2 aromatic rings. The second-order valence-electron chi connectivity index (χ2n) is 12.9. The van der Waals surface area contributed by atoms with Crippen LogP contribution in [0.5, 0.6) is 0 Å². The minimum atomic E-state index is -0.621. The van der Waals surface area contributed by atoms with Crippen LogP contribution < -0.4 is 0 Å². The monoisotopic (exact) mass is 592 g/mol. The Hall–Kier alpha value is -2.99. The van der Waals surface area contributed by atoms with E-state index in [4.69, 9.17) is 9.47 Å². The van der Waals surface area contributed by atoms with E-state index < -0.39 is 18.5 Å². The molecule has 5 nitrogen and oxygen atoms in total. The third kappa shape index (κ3) is 9.25. The summed E-state index contributed by atoms with van der Waals surface area (Å²) in [5.74, 6) is 0.921. The molecule has 0 amide bonds. The van der Waals surface area contributed by atoms with E-state index in [1.807, 2.05) is 0 Å². The number of unbranched alkanes of at least 4 members (excludes halogenated alkanes) is 1. The van der Waals surface area contributed by atoms with Gasteiger partial charge in [-0.2, -0.15) is 0 Å². The van der Waals surface area contributed by atoms with E-state index in [9.17, 15) is 19.1 Å². The fraction of sp³-hybridized carbons (Fsp3) is 0.568. The summed E-state index contributed by atoms with van der Waals surface area (Å²) in [6.45, 7) is 8.46. The molecule has 0 heterocycles. The van der Waals surface area contributed by atoms with Crippen LogP contribution in [0, 0.1) is 17.8 Å². The van der Waals surface area contributed by atoms with Gasteiger partial charge in [-0.05, 0) is 110 Å². The molecule has 0 spiro atoms. The maximum Gasteiger partial charge on any atom is 0.335 e. The van der Waals surface area contributed by atoms with Gasteiger partial charge in [0.25, 0.3) is 0 Å². The van der Waals surface area contributed by atoms with Crippen molar-refractivity contribution in [3.8, 4) is 0 Å². The van der Waals surface area contributed by atoms with Crippen molar-refractivity contribution in [1.29, 1.82) is 0 Å². The number of alkyl halides is 1. The summed E-state index contributed by atoms with van der Waals surface area (Å²) in [6, 6.07) is 13.9. The van der Waals surface area contributed by atoms with Crippen LogP contribution in [0.1, 0.15) is 101 Å². The van der Waals surface area contributed by atoms with Gasteiger partial charge in [0.15, 0.2) is 0 Å². The van der Waals surface area contributed by atoms with Crippen LogP contribution in [0.3, 0.4) is 0 Å². The standard InChI is InChI=1S/C37H49FO5/c1-25(2)36(40)42-23-35(24-43-37(41)26(3)22-39)30-13-11-29(12-14-30)32-16-18-33-20-31(15-17-34(33)21-32)28-9-7-27(8-10-28)6-4-5-19-38/h15-18,20-21,27-30,35,39H,1,3-14,19,22-24H2,2H3. The Morgan fingerprint density at radius 2 is 1.37 bits per heavy atom. The van der Waals surface area contributed by atoms with Crippen LogP contribution in [-0.2, 0) is 19.1 Å². The lowest BCUT2D eigenvalue weighted by Crippen LogP contribution is -2.30. The van der Waals surface area contributed by atoms with E-state index in [-0.39, 0.29) is 37.3 Å². The van der Waals surface area contributed by atoms with E-state index in [1.165, 1.54) is 54.0 Å². The third-order valence-corrected chi connectivity index (χ3v) is 9.80. The number of halogens is 1. The topological polar surface area (TPSA) is 72.8 Å². The van der Waals surface area contributed by atoms with Crippen molar-refractivity contribution >= 4 is 22.7 Å². The van der Waals surface area contributed by atoms with E-state index >= 15 is 0 Å². The lowest BCUT2D eigenvalue weighted by molar-refractivity contribution is -0.146. The number of benzene rings is 2. The summed E-state index contributed by atoms with van der Waals surface area (Å²) >= 11 is 0. The molecule has 1 atom stereocenters. The highest BCUT2D eigenvalue weighted by Crippen LogP contribution is 2.41. The Labute approximate surface area is 256 Å². The van der Waals surface area contributed by atoms with Gasteiger partial charge in [-0.25, -0.2) is 9.59 Å². The van der Waals surface area contributed by atoms with Crippen molar-refractivity contribution in [2.45, 2.75) is 89.4 Å². The second-order valence-corrected chi connectivity index (χ2v) is 12.9. The van der Waals surface area contributed by atoms with Crippen molar-refractivity contribution in [2.24, 2.45) is 17.8 Å². The lowest BCUT2D eigenvalue weighted by Gasteiger charge is -2.34. The molecule has 1 unspecified atom stereocenters. The predicted molar refractivity (Wildman–Crippen MR) is 170 cm³/mol. The van der Waals surface area contributed by atoms with Gasteiger partial charge in [0.2, 0.25) is 0 Å². The van der Waals surface area contributed by atoms with Crippen LogP contribution in [0.4, 0.5) is 4.39 Å². The summed E-state index contributed by atoms with van der Waals surface area (Å²) in [5.41, 5.74) is 3.16. The number of carbonyl (C=O) groups excluding carboxylic acids is 2. The van der Waals surface area contributed by atoms with Crippen molar-refractivity contribution in [1.82, 2.24) is 0 Å². The summed E-state index contributed by atoms with van der Waals surface area (Å²) in [6.07, 6.45) is 11.8. The van der Waals surface area contributed by atoms with Gasteiger partial charge in [0.1, 0.15) is 0 Å². The average Bonchev–Trinajstić information content (AvgIpc) is 3.04. The van der Waals surface area contributed by atoms with E-state index in [0.29, 0.717) is 23.8 Å². The smallest absolute Gasteiger partial charge is 0.335 e. The van der Waals surface area contributed by atoms with Gasteiger partial charge in [-0.1, -0.05) is 62.4 Å². The zero-order valence-electron chi connectivity index (χ0n) is 25.8. The number of fused-ring (bicyclic) bond motifs is 1. The minimum Gasteiger partial charge on any atom is -0.462 e. The highest BCUT2D eigenvalue weighted by molar-refractivity contribution is 5.88. The number of hydrogen-bond donors (Lipinski definition) is 1. The van der Waals surface area contributed by atoms with Crippen LogP contribution >= 0.6 is 0 Å². The van der Waals surface area contributed by atoms with Gasteiger partial charge >= 0.3 is 11.9 Å². The molecule has 234 valence electrons. The summed E-state index contributed by atoms with van der Waals surface area (Å²) < 4.78 is 23.3. The summed E-state index contributed by atoms with van der Waals surface area (Å²) in [7, 11) is 0. The molecule has 4 rings (SSSR count). The maximum atomic E-state index is 12.4. The fourth-order valence-corrected chi connectivity index (χ4v) is 7.00. The zero-order chi connectivity index (χ0) is 30.8. The first kappa shape index (κ1) is 32.9. The molecule has 2 aromatic carbocycles. The van der Waals surface area contributed by atoms with E-state index in [2.05, 4.69) is 49.6 Å². The SMILES string of the molecule is C=C(C)C(=O)OCC(COC(=O)C(=C)CO)C1CCC(c2ccc3cc(C4CCC(CCCCF)CC4)ccc3c2)CC1. The maximum absolute atomic E-state index is 12.4. The van der Waals surface area contributed by atoms with Gasteiger partial charge in [0, 0.05) is 11.5 Å². The zero-order valence-corrected chi connectivity index (χ0v) is 25.8. The Kier molecular flexibility index (Phi) is 12.4. The number of hydrogen-bond acceptors (Lipinski definition) is 5. The highest BCUT2D eigenvalue weighted by atomic mass is 19.1. The Bertz CT molecular complexity index is 1250. The van der Waals surface area contributed by atoms with Crippen molar-refractivity contribution in [2.75, 3.05) is 26.5 Å². The Morgan fingerprint density at radius 3 is 1.88 bits per heavy atom. The third-order valence-electron chi connectivity index (χ3n) is 9.80. The Morgan fingerprint density at radius 1 is 0.837 bits per heavy atom. The summed E-state index contributed by atoms with van der Waals surface area (Å²) in [4.78, 5) is 24.2. The van der Waals surface area contributed by atoms with Gasteiger partial charge in [-0.15, -0.1) is 0 Å². The van der Waals surface area contributed by atoms with Crippen LogP contribution in [0.25, 0.3) is 10.8 Å². The number of esters is 2. The van der Waals surface area contributed by atoms with Crippen molar-refractivity contribution in [3.63, 3.8) is 0 Å². The number of carbonyl (C=O) groups is 2. The van der Waals surface area contributed by atoms with Gasteiger partial charge in [0.05, 0.1) is 32.1 Å². The molecule has 1 N–H and O–H groups in total. The molecule has 2 aliphatic rings. The van der Waals surface area contributed by atoms with Crippen molar-refractivity contribution in [3.05, 3.63) is 71.8 Å². The first-order valence-corrected chi connectivity index (χ1v) is 16.2. The number of aliphatic hydroxyl groups is 1. The molecule has 0 radical (unpaired) electrons. The molecule has 6 heteroatoms. The quantitative estimate of drug-likeness (QED) is 0.136. The summed E-state index contributed by atoms with van der Waals surface area (Å²) in [5, 5.41) is 11.8. The first-order chi connectivity index (χ1) is 20.8. The van der Waals surface area contributed by atoms with Crippen LogP contribution in [0.2, 0.25) is 0 Å². The second kappa shape index (κ2) is 16.2. The number of rotatable bonds is 14. The Balaban J connectivity index is 1.33. The molecule has 0 bridgehead atoms. The first-order valence-electron chi connectivity index (χ1n) is 16.2. The average molecular weight is 593 g/mol. The van der Waals surface area contributed by atoms with Crippen LogP contribution in [0.15, 0.2) is 60.7 Å². The molecule has 2 fully saturated rings. The molecule has 2 saturated carbocycles.